The molecule has 2 N–H and O–H groups in total. The number of nitrogens with two attached hydrogens (primary N) is 1. The van der Waals surface area contributed by atoms with Gasteiger partial charge in [-0.25, -0.2) is 4.99 Å². The summed E-state index contributed by atoms with van der Waals surface area (Å²) in [5.74, 6) is 1.74. The standard InChI is InChI=1S/C19H24N2OS.CH5N/c1-6-21(4)13-20-18-10-15(3)19(11-14(18)2)22-16-8-7-9-17(12-16)23-5;1-2/h7-13H,6H2,1-5H3;2H2,1H3. The predicted octanol–water partition coefficient (Wildman–Crippen LogP) is 5.00. The van der Waals surface area contributed by atoms with Gasteiger partial charge in [0, 0.05) is 18.5 Å². The number of benzene rings is 2. The van der Waals surface area contributed by atoms with Crippen LogP contribution in [0.3, 0.4) is 0 Å². The van der Waals surface area contributed by atoms with E-state index < -0.39 is 0 Å². The summed E-state index contributed by atoms with van der Waals surface area (Å²) in [5.41, 5.74) is 7.66. The Hall–Kier alpha value is -1.98. The van der Waals surface area contributed by atoms with Crippen LogP contribution in [0.5, 0.6) is 11.5 Å². The molecule has 5 heteroatoms. The van der Waals surface area contributed by atoms with E-state index in [2.05, 4.69) is 62.0 Å². The van der Waals surface area contributed by atoms with E-state index in [9.17, 15) is 0 Å². The van der Waals surface area contributed by atoms with Crippen molar-refractivity contribution in [2.24, 2.45) is 10.7 Å². The van der Waals surface area contributed by atoms with E-state index in [1.54, 1.807) is 11.8 Å². The second kappa shape index (κ2) is 10.8. The Balaban J connectivity index is 0.00000151. The highest BCUT2D eigenvalue weighted by molar-refractivity contribution is 7.98. The molecule has 0 spiro atoms. The van der Waals surface area contributed by atoms with Gasteiger partial charge in [0.25, 0.3) is 0 Å². The average Bonchev–Trinajstić information content (AvgIpc) is 2.64. The van der Waals surface area contributed by atoms with E-state index >= 15 is 0 Å². The lowest BCUT2D eigenvalue weighted by Crippen LogP contribution is -2.14. The summed E-state index contributed by atoms with van der Waals surface area (Å²) in [5, 5.41) is 0. The molecule has 0 radical (unpaired) electrons. The minimum atomic E-state index is 0.862. The Morgan fingerprint density at radius 1 is 1.16 bits per heavy atom. The number of aryl methyl sites for hydroxylation is 2. The monoisotopic (exact) mass is 359 g/mol. The lowest BCUT2D eigenvalue weighted by molar-refractivity contribution is 0.477. The van der Waals surface area contributed by atoms with Gasteiger partial charge in [0.15, 0.2) is 0 Å². The molecule has 0 aliphatic rings. The second-order valence-electron chi connectivity index (χ2n) is 5.50. The summed E-state index contributed by atoms with van der Waals surface area (Å²) >= 11 is 1.71. The fourth-order valence-electron chi connectivity index (χ4n) is 2.06. The Morgan fingerprint density at radius 2 is 1.88 bits per heavy atom. The smallest absolute Gasteiger partial charge is 0.130 e. The van der Waals surface area contributed by atoms with Crippen LogP contribution in [0.1, 0.15) is 18.1 Å². The van der Waals surface area contributed by atoms with Gasteiger partial charge in [-0.05, 0) is 75.5 Å². The zero-order chi connectivity index (χ0) is 18.8. The van der Waals surface area contributed by atoms with Crippen molar-refractivity contribution in [2.45, 2.75) is 25.7 Å². The third kappa shape index (κ3) is 6.44. The molecule has 0 saturated carbocycles. The molecule has 0 aliphatic heterocycles. The van der Waals surface area contributed by atoms with Gasteiger partial charge in [0.2, 0.25) is 0 Å². The summed E-state index contributed by atoms with van der Waals surface area (Å²) in [4.78, 5) is 7.80. The van der Waals surface area contributed by atoms with Crippen LogP contribution < -0.4 is 10.5 Å². The first kappa shape index (κ1) is 21.1. The number of hydrogen-bond acceptors (Lipinski definition) is 4. The van der Waals surface area contributed by atoms with Crippen molar-refractivity contribution in [3.8, 4) is 11.5 Å². The third-order valence-corrected chi connectivity index (χ3v) is 4.38. The van der Waals surface area contributed by atoms with Crippen molar-refractivity contribution < 1.29 is 4.74 Å². The van der Waals surface area contributed by atoms with Gasteiger partial charge >= 0.3 is 0 Å². The number of ether oxygens (including phenoxy) is 1. The number of hydrogen-bond donors (Lipinski definition) is 1. The Morgan fingerprint density at radius 3 is 2.52 bits per heavy atom. The SMILES string of the molecule is CCN(C)C=Nc1cc(C)c(Oc2cccc(SC)c2)cc1C.CN. The van der Waals surface area contributed by atoms with Crippen LogP contribution in [0.2, 0.25) is 0 Å². The molecule has 0 amide bonds. The Kier molecular flexibility index (Phi) is 9.10. The summed E-state index contributed by atoms with van der Waals surface area (Å²) in [7, 11) is 3.52. The maximum Gasteiger partial charge on any atom is 0.130 e. The van der Waals surface area contributed by atoms with E-state index in [1.807, 2.05) is 30.4 Å². The van der Waals surface area contributed by atoms with Gasteiger partial charge in [-0.2, -0.15) is 0 Å². The average molecular weight is 360 g/mol. The normalized spacial score (nSPS) is 10.4. The molecule has 136 valence electrons. The molecule has 0 atom stereocenters. The molecular weight excluding hydrogens is 330 g/mol. The largest absolute Gasteiger partial charge is 0.457 e. The third-order valence-electron chi connectivity index (χ3n) is 3.66. The fraction of sp³-hybridized carbons (Fsp3) is 0.350. The number of aliphatic imine (C=N–C) groups is 1. The molecule has 2 rings (SSSR count). The number of nitrogens with zero attached hydrogens (tertiary/aromatic N) is 2. The molecule has 0 aromatic heterocycles. The van der Waals surface area contributed by atoms with Crippen molar-refractivity contribution in [1.29, 1.82) is 0 Å². The van der Waals surface area contributed by atoms with Gasteiger partial charge in [0.1, 0.15) is 11.5 Å². The van der Waals surface area contributed by atoms with Crippen molar-refractivity contribution in [1.82, 2.24) is 4.90 Å². The van der Waals surface area contributed by atoms with Gasteiger partial charge in [0.05, 0.1) is 12.0 Å². The number of rotatable bonds is 6. The minimum Gasteiger partial charge on any atom is -0.457 e. The molecular formula is C20H29N3OS. The molecule has 4 nitrogen and oxygen atoms in total. The first-order valence-electron chi connectivity index (χ1n) is 8.28. The zero-order valence-electron chi connectivity index (χ0n) is 16.0. The van der Waals surface area contributed by atoms with Crippen LogP contribution in [0.25, 0.3) is 0 Å². The highest BCUT2D eigenvalue weighted by Crippen LogP contribution is 2.32. The molecule has 0 heterocycles. The van der Waals surface area contributed by atoms with Crippen molar-refractivity contribution >= 4 is 23.8 Å². The van der Waals surface area contributed by atoms with Crippen LogP contribution in [-0.4, -0.2) is 38.1 Å². The molecule has 0 saturated heterocycles. The van der Waals surface area contributed by atoms with Gasteiger partial charge in [-0.3, -0.25) is 0 Å². The number of thioether (sulfide) groups is 1. The van der Waals surface area contributed by atoms with Crippen LogP contribution in [0, 0.1) is 13.8 Å². The Bertz CT molecular complexity index is 701. The fourth-order valence-corrected chi connectivity index (χ4v) is 2.51. The summed E-state index contributed by atoms with van der Waals surface area (Å²) in [6.45, 7) is 7.15. The first-order valence-corrected chi connectivity index (χ1v) is 9.51. The molecule has 0 aliphatic carbocycles. The summed E-state index contributed by atoms with van der Waals surface area (Å²) in [6.07, 6.45) is 3.93. The van der Waals surface area contributed by atoms with Crippen LogP contribution >= 0.6 is 11.8 Å². The topological polar surface area (TPSA) is 50.8 Å². The first-order chi connectivity index (χ1) is 12.0. The van der Waals surface area contributed by atoms with Gasteiger partial charge in [-0.1, -0.05) is 6.07 Å². The van der Waals surface area contributed by atoms with Crippen molar-refractivity contribution in [2.75, 3.05) is 26.9 Å². The van der Waals surface area contributed by atoms with E-state index in [1.165, 1.54) is 11.9 Å². The summed E-state index contributed by atoms with van der Waals surface area (Å²) in [6, 6.07) is 12.3. The summed E-state index contributed by atoms with van der Waals surface area (Å²) < 4.78 is 6.06. The van der Waals surface area contributed by atoms with E-state index in [-0.39, 0.29) is 0 Å². The van der Waals surface area contributed by atoms with E-state index in [0.717, 1.165) is 34.9 Å². The molecule has 0 unspecified atom stereocenters. The molecule has 0 fully saturated rings. The van der Waals surface area contributed by atoms with Gasteiger partial charge in [-0.15, -0.1) is 11.8 Å². The maximum atomic E-state index is 6.06. The predicted molar refractivity (Wildman–Crippen MR) is 111 cm³/mol. The lowest BCUT2D eigenvalue weighted by atomic mass is 10.1. The van der Waals surface area contributed by atoms with Gasteiger partial charge < -0.3 is 15.4 Å². The zero-order valence-corrected chi connectivity index (χ0v) is 16.9. The Labute approximate surface area is 156 Å². The van der Waals surface area contributed by atoms with Crippen LogP contribution in [0.4, 0.5) is 5.69 Å². The van der Waals surface area contributed by atoms with E-state index in [4.69, 9.17) is 4.74 Å². The van der Waals surface area contributed by atoms with Crippen LogP contribution in [0.15, 0.2) is 46.3 Å². The second-order valence-corrected chi connectivity index (χ2v) is 6.38. The quantitative estimate of drug-likeness (QED) is 0.448. The molecule has 2 aromatic carbocycles. The van der Waals surface area contributed by atoms with Crippen molar-refractivity contribution in [3.63, 3.8) is 0 Å². The lowest BCUT2D eigenvalue weighted by Gasteiger charge is -2.13. The molecule has 0 bridgehead atoms. The highest BCUT2D eigenvalue weighted by Gasteiger charge is 2.07. The van der Waals surface area contributed by atoms with Crippen LogP contribution in [-0.2, 0) is 0 Å². The van der Waals surface area contributed by atoms with E-state index in [0.29, 0.717) is 0 Å². The molecule has 25 heavy (non-hydrogen) atoms. The highest BCUT2D eigenvalue weighted by atomic mass is 32.2. The minimum absolute atomic E-state index is 0.862. The molecule has 2 aromatic rings. The van der Waals surface area contributed by atoms with Crippen molar-refractivity contribution in [3.05, 3.63) is 47.5 Å². The maximum absolute atomic E-state index is 6.06.